The maximum absolute atomic E-state index is 13.3. The summed E-state index contributed by atoms with van der Waals surface area (Å²) in [4.78, 5) is 9.68. The Morgan fingerprint density at radius 1 is 0.857 bits per heavy atom. The second kappa shape index (κ2) is 7.16. The average molecular weight is 332 g/mol. The molecule has 0 saturated carbocycles. The van der Waals surface area contributed by atoms with Crippen LogP contribution < -0.4 is 4.74 Å². The van der Waals surface area contributed by atoms with Gasteiger partial charge in [0.15, 0.2) is 5.75 Å². The van der Waals surface area contributed by atoms with Gasteiger partial charge in [-0.15, -0.1) is 0 Å². The maximum Gasteiger partial charge on any atom is 0.497 e. The predicted octanol–water partition coefficient (Wildman–Crippen LogP) is 2.38. The van der Waals surface area contributed by atoms with Crippen LogP contribution in [0.2, 0.25) is 6.04 Å². The summed E-state index contributed by atoms with van der Waals surface area (Å²) < 4.78 is 79.2. The molecule has 10 heteroatoms. The average Bonchev–Trinajstić information content (AvgIpc) is 2.50. The van der Waals surface area contributed by atoms with Crippen molar-refractivity contribution in [2.75, 3.05) is 20.8 Å². The van der Waals surface area contributed by atoms with Gasteiger partial charge in [-0.05, 0) is 6.42 Å². The molecule has 0 bridgehead atoms. The number of hydrogen-bond acceptors (Lipinski definition) is 4. The molecule has 21 heavy (non-hydrogen) atoms. The monoisotopic (exact) mass is 332 g/mol. The van der Waals surface area contributed by atoms with Crippen LogP contribution in [0.1, 0.15) is 6.42 Å². The third-order valence-corrected chi connectivity index (χ3v) is 4.95. The van der Waals surface area contributed by atoms with Gasteiger partial charge in [0.2, 0.25) is 29.1 Å². The second-order valence-electron chi connectivity index (χ2n) is 3.97. The topological polar surface area (TPSA) is 47.9 Å². The highest BCUT2D eigenvalue weighted by atomic mass is 28.4. The summed E-state index contributed by atoms with van der Waals surface area (Å²) in [6.45, 7) is -0.389. The SMILES string of the molecule is CO[Si](O)(CCCOc1c(F)c(F)c(F)c(F)c1F)OC. The molecule has 120 valence electrons. The molecule has 0 atom stereocenters. The highest BCUT2D eigenvalue weighted by molar-refractivity contribution is 6.59. The normalized spacial score (nSPS) is 11.8. The van der Waals surface area contributed by atoms with E-state index >= 15 is 0 Å². The molecule has 4 nitrogen and oxygen atoms in total. The summed E-state index contributed by atoms with van der Waals surface area (Å²) in [6.07, 6.45) is 0.0316. The molecule has 1 aromatic carbocycles. The van der Waals surface area contributed by atoms with Gasteiger partial charge in [0, 0.05) is 20.3 Å². The minimum absolute atomic E-state index is 0.00457. The summed E-state index contributed by atoms with van der Waals surface area (Å²) in [7, 11) is -0.923. The van der Waals surface area contributed by atoms with E-state index in [2.05, 4.69) is 4.74 Å². The Morgan fingerprint density at radius 2 is 1.29 bits per heavy atom. The van der Waals surface area contributed by atoms with Gasteiger partial charge in [-0.3, -0.25) is 0 Å². The molecule has 0 heterocycles. The second-order valence-corrected chi connectivity index (χ2v) is 6.71. The van der Waals surface area contributed by atoms with Gasteiger partial charge in [0.05, 0.1) is 6.61 Å². The van der Waals surface area contributed by atoms with Crippen molar-refractivity contribution < 1.29 is 40.3 Å². The molecule has 0 amide bonds. The quantitative estimate of drug-likeness (QED) is 0.274. The van der Waals surface area contributed by atoms with E-state index < -0.39 is 43.6 Å². The van der Waals surface area contributed by atoms with Crippen LogP contribution in [0.4, 0.5) is 22.0 Å². The first-order chi connectivity index (χ1) is 9.77. The number of hydrogen-bond donors (Lipinski definition) is 1. The van der Waals surface area contributed by atoms with Gasteiger partial charge >= 0.3 is 8.80 Å². The maximum atomic E-state index is 13.3. The summed E-state index contributed by atoms with van der Waals surface area (Å²) in [5.41, 5.74) is 0. The van der Waals surface area contributed by atoms with Crippen LogP contribution in [0.25, 0.3) is 0 Å². The van der Waals surface area contributed by atoms with Crippen LogP contribution in [0.15, 0.2) is 0 Å². The molecule has 0 aliphatic heterocycles. The standard InChI is InChI=1S/C11H13F5O4Si/c1-18-21(17,19-2)5-3-4-20-11-9(15)7(13)6(12)8(14)10(11)16/h17H,3-5H2,1-2H3. The predicted molar refractivity (Wildman–Crippen MR) is 63.1 cm³/mol. The zero-order valence-corrected chi connectivity index (χ0v) is 12.2. The van der Waals surface area contributed by atoms with Crippen LogP contribution in [0.3, 0.4) is 0 Å². The Morgan fingerprint density at radius 3 is 1.71 bits per heavy atom. The molecule has 0 unspecified atom stereocenters. The molecule has 0 spiro atoms. The van der Waals surface area contributed by atoms with Gasteiger partial charge in [-0.2, -0.15) is 8.78 Å². The summed E-state index contributed by atoms with van der Waals surface area (Å²) in [5, 5.41) is 0. The van der Waals surface area contributed by atoms with Crippen LogP contribution in [0.5, 0.6) is 5.75 Å². The Hall–Kier alpha value is -1.23. The molecule has 0 fully saturated rings. The van der Waals surface area contributed by atoms with Crippen molar-refractivity contribution in [1.82, 2.24) is 0 Å². The van der Waals surface area contributed by atoms with E-state index in [-0.39, 0.29) is 19.1 Å². The van der Waals surface area contributed by atoms with E-state index in [0.29, 0.717) is 0 Å². The fourth-order valence-electron chi connectivity index (χ4n) is 1.47. The third kappa shape index (κ3) is 3.90. The van der Waals surface area contributed by atoms with Gasteiger partial charge in [0.25, 0.3) is 0 Å². The van der Waals surface area contributed by atoms with E-state index in [4.69, 9.17) is 8.85 Å². The lowest BCUT2D eigenvalue weighted by atomic mass is 10.2. The van der Waals surface area contributed by atoms with Crippen LogP contribution in [-0.2, 0) is 8.85 Å². The minimum atomic E-state index is -3.37. The molecule has 0 radical (unpaired) electrons. The lowest BCUT2D eigenvalue weighted by Crippen LogP contribution is -2.40. The molecule has 1 rings (SSSR count). The lowest BCUT2D eigenvalue weighted by molar-refractivity contribution is 0.147. The Kier molecular flexibility index (Phi) is 6.07. The number of ether oxygens (including phenoxy) is 1. The summed E-state index contributed by atoms with van der Waals surface area (Å²) in [5.74, 6) is -11.9. The zero-order chi connectivity index (χ0) is 16.2. The molecule has 0 aliphatic carbocycles. The molecular formula is C11H13F5O4Si. The van der Waals surface area contributed by atoms with E-state index in [1.807, 2.05) is 0 Å². The van der Waals surface area contributed by atoms with E-state index in [9.17, 15) is 26.7 Å². The van der Waals surface area contributed by atoms with Crippen LogP contribution in [0, 0.1) is 29.1 Å². The highest BCUT2D eigenvalue weighted by Crippen LogP contribution is 2.29. The van der Waals surface area contributed by atoms with Crippen molar-refractivity contribution in [1.29, 1.82) is 0 Å². The Balaban J connectivity index is 2.73. The highest BCUT2D eigenvalue weighted by Gasteiger charge is 2.33. The first-order valence-electron chi connectivity index (χ1n) is 5.74. The number of halogens is 5. The molecule has 0 aromatic heterocycles. The van der Waals surface area contributed by atoms with Crippen molar-refractivity contribution in [2.45, 2.75) is 12.5 Å². The Bertz CT molecular complexity index is 481. The number of benzene rings is 1. The fraction of sp³-hybridized carbons (Fsp3) is 0.455. The van der Waals surface area contributed by atoms with Crippen LogP contribution >= 0.6 is 0 Å². The molecule has 0 saturated heterocycles. The van der Waals surface area contributed by atoms with Crippen LogP contribution in [-0.4, -0.2) is 34.4 Å². The van der Waals surface area contributed by atoms with Crippen molar-refractivity contribution in [3.63, 3.8) is 0 Å². The molecule has 1 N–H and O–H groups in total. The summed E-state index contributed by atoms with van der Waals surface area (Å²) in [6, 6.07) is -0.00457. The first-order valence-corrected chi connectivity index (χ1v) is 7.71. The van der Waals surface area contributed by atoms with E-state index in [1.165, 1.54) is 14.2 Å². The number of rotatable bonds is 7. The third-order valence-electron chi connectivity index (χ3n) is 2.69. The van der Waals surface area contributed by atoms with Gasteiger partial charge in [-0.1, -0.05) is 0 Å². The van der Waals surface area contributed by atoms with Gasteiger partial charge < -0.3 is 18.4 Å². The van der Waals surface area contributed by atoms with Gasteiger partial charge in [0.1, 0.15) is 0 Å². The van der Waals surface area contributed by atoms with Crippen molar-refractivity contribution in [2.24, 2.45) is 0 Å². The van der Waals surface area contributed by atoms with Crippen molar-refractivity contribution in [3.8, 4) is 5.75 Å². The Labute approximate surface area is 118 Å². The zero-order valence-electron chi connectivity index (χ0n) is 11.2. The minimum Gasteiger partial charge on any atom is -0.487 e. The molecule has 0 aliphatic rings. The first kappa shape index (κ1) is 17.8. The van der Waals surface area contributed by atoms with E-state index in [0.717, 1.165) is 0 Å². The van der Waals surface area contributed by atoms with Gasteiger partial charge in [-0.25, -0.2) is 13.2 Å². The molecular weight excluding hydrogens is 319 g/mol. The van der Waals surface area contributed by atoms with Crippen molar-refractivity contribution in [3.05, 3.63) is 29.1 Å². The van der Waals surface area contributed by atoms with Crippen molar-refractivity contribution >= 4 is 8.80 Å². The fourth-order valence-corrected chi connectivity index (χ4v) is 2.63. The van der Waals surface area contributed by atoms with E-state index in [1.54, 1.807) is 0 Å². The molecule has 1 aromatic rings. The smallest absolute Gasteiger partial charge is 0.487 e. The lowest BCUT2D eigenvalue weighted by Gasteiger charge is -2.19. The summed E-state index contributed by atoms with van der Waals surface area (Å²) >= 11 is 0. The largest absolute Gasteiger partial charge is 0.497 e.